The van der Waals surface area contributed by atoms with Gasteiger partial charge in [-0.1, -0.05) is 11.6 Å². The zero-order chi connectivity index (χ0) is 18.6. The number of methoxy groups -OCH3 is 1. The number of amides is 1. The topological polar surface area (TPSA) is 77.5 Å². The van der Waals surface area contributed by atoms with E-state index in [-0.39, 0.29) is 10.7 Å². The molecular weight excluding hydrogens is 344 g/mol. The lowest BCUT2D eigenvalue weighted by molar-refractivity contribution is -0.123. The number of hydrogen-bond acceptors (Lipinski definition) is 5. The van der Waals surface area contributed by atoms with Gasteiger partial charge in [0.05, 0.1) is 12.7 Å². The standard InChI is InChI=1S/C18H19ClN2O4/c1-10-9-11(2)20-16(19)15(10)18(23)25-12(3)17(22)21-13-5-7-14(24-4)8-6-13/h5-9,12H,1-4H3,(H,21,22)/t12-/m0/s1. The van der Waals surface area contributed by atoms with E-state index in [9.17, 15) is 9.59 Å². The molecule has 6 nitrogen and oxygen atoms in total. The minimum Gasteiger partial charge on any atom is -0.497 e. The van der Waals surface area contributed by atoms with E-state index in [0.717, 1.165) is 0 Å². The maximum absolute atomic E-state index is 12.3. The number of nitrogens with zero attached hydrogens (tertiary/aromatic N) is 1. The number of esters is 1. The molecule has 2 aromatic rings. The molecule has 132 valence electrons. The predicted molar refractivity (Wildman–Crippen MR) is 95.2 cm³/mol. The summed E-state index contributed by atoms with van der Waals surface area (Å²) in [5.74, 6) is -0.464. The highest BCUT2D eigenvalue weighted by Gasteiger charge is 2.23. The Labute approximate surface area is 151 Å². The molecule has 0 aliphatic heterocycles. The first kappa shape index (κ1) is 18.7. The number of carbonyl (C=O) groups is 2. The molecule has 0 aliphatic carbocycles. The molecule has 1 atom stereocenters. The summed E-state index contributed by atoms with van der Waals surface area (Å²) >= 11 is 6.03. The van der Waals surface area contributed by atoms with Crippen LogP contribution in [0.15, 0.2) is 30.3 Å². The molecule has 1 heterocycles. The third kappa shape index (κ3) is 4.70. The van der Waals surface area contributed by atoms with Crippen molar-refractivity contribution in [1.29, 1.82) is 0 Å². The van der Waals surface area contributed by atoms with E-state index in [1.54, 1.807) is 51.3 Å². The minimum absolute atomic E-state index is 0.0604. The van der Waals surface area contributed by atoms with Crippen LogP contribution in [0.4, 0.5) is 5.69 Å². The van der Waals surface area contributed by atoms with Crippen molar-refractivity contribution < 1.29 is 19.1 Å². The molecular formula is C18H19ClN2O4. The number of aromatic nitrogens is 1. The number of pyridine rings is 1. The van der Waals surface area contributed by atoms with Gasteiger partial charge in [-0.15, -0.1) is 0 Å². The fourth-order valence-electron chi connectivity index (χ4n) is 2.23. The van der Waals surface area contributed by atoms with Crippen molar-refractivity contribution in [3.63, 3.8) is 0 Å². The molecule has 0 unspecified atom stereocenters. The summed E-state index contributed by atoms with van der Waals surface area (Å²) in [7, 11) is 1.56. The van der Waals surface area contributed by atoms with Crippen LogP contribution >= 0.6 is 11.6 Å². The van der Waals surface area contributed by atoms with Gasteiger partial charge in [-0.05, 0) is 56.7 Å². The van der Waals surface area contributed by atoms with Crippen LogP contribution in [0.25, 0.3) is 0 Å². The summed E-state index contributed by atoms with van der Waals surface area (Å²) in [6, 6.07) is 8.54. The summed E-state index contributed by atoms with van der Waals surface area (Å²) in [5.41, 5.74) is 2.07. The van der Waals surface area contributed by atoms with E-state index in [1.165, 1.54) is 6.92 Å². The Bertz CT molecular complexity index is 767. The van der Waals surface area contributed by atoms with Crippen molar-refractivity contribution in [2.75, 3.05) is 12.4 Å². The molecule has 0 radical (unpaired) electrons. The van der Waals surface area contributed by atoms with Gasteiger partial charge in [0.2, 0.25) is 0 Å². The highest BCUT2D eigenvalue weighted by molar-refractivity contribution is 6.32. The van der Waals surface area contributed by atoms with E-state index >= 15 is 0 Å². The molecule has 2 rings (SSSR count). The lowest BCUT2D eigenvalue weighted by Gasteiger charge is -2.15. The highest BCUT2D eigenvalue weighted by atomic mass is 35.5. The van der Waals surface area contributed by atoms with Gasteiger partial charge < -0.3 is 14.8 Å². The number of anilines is 1. The largest absolute Gasteiger partial charge is 0.497 e. The molecule has 0 fully saturated rings. The maximum Gasteiger partial charge on any atom is 0.342 e. The van der Waals surface area contributed by atoms with Crippen LogP contribution in [0, 0.1) is 13.8 Å². The van der Waals surface area contributed by atoms with E-state index in [0.29, 0.717) is 22.7 Å². The van der Waals surface area contributed by atoms with Gasteiger partial charge in [0.1, 0.15) is 10.9 Å². The number of carbonyl (C=O) groups excluding carboxylic acids is 2. The second-order valence-corrected chi connectivity index (χ2v) is 5.87. The van der Waals surface area contributed by atoms with Crippen LogP contribution < -0.4 is 10.1 Å². The first-order valence-corrected chi connectivity index (χ1v) is 7.99. The van der Waals surface area contributed by atoms with E-state index in [2.05, 4.69) is 10.3 Å². The molecule has 7 heteroatoms. The van der Waals surface area contributed by atoms with Crippen molar-refractivity contribution in [2.45, 2.75) is 26.9 Å². The molecule has 1 N–H and O–H groups in total. The van der Waals surface area contributed by atoms with Crippen molar-refractivity contribution in [3.05, 3.63) is 52.3 Å². The number of rotatable bonds is 5. The van der Waals surface area contributed by atoms with Crippen LogP contribution in [0.5, 0.6) is 5.75 Å². The van der Waals surface area contributed by atoms with Gasteiger partial charge in [0.25, 0.3) is 5.91 Å². The Hall–Kier alpha value is -2.60. The average Bonchev–Trinajstić information content (AvgIpc) is 2.54. The Balaban J connectivity index is 2.04. The van der Waals surface area contributed by atoms with Crippen LogP contribution in [-0.4, -0.2) is 30.1 Å². The van der Waals surface area contributed by atoms with E-state index < -0.39 is 18.0 Å². The SMILES string of the molecule is COc1ccc(NC(=O)[C@H](C)OC(=O)c2c(C)cc(C)nc2Cl)cc1. The normalized spacial score (nSPS) is 11.6. The Morgan fingerprint density at radius 3 is 2.40 bits per heavy atom. The zero-order valence-electron chi connectivity index (χ0n) is 14.4. The third-order valence-electron chi connectivity index (χ3n) is 3.52. The quantitative estimate of drug-likeness (QED) is 0.650. The first-order chi connectivity index (χ1) is 11.8. The van der Waals surface area contributed by atoms with Gasteiger partial charge in [-0.2, -0.15) is 0 Å². The average molecular weight is 363 g/mol. The fourth-order valence-corrected chi connectivity index (χ4v) is 2.59. The van der Waals surface area contributed by atoms with Crippen LogP contribution in [-0.2, 0) is 9.53 Å². The smallest absolute Gasteiger partial charge is 0.342 e. The van der Waals surface area contributed by atoms with Crippen molar-refractivity contribution in [2.24, 2.45) is 0 Å². The zero-order valence-corrected chi connectivity index (χ0v) is 15.2. The molecule has 1 aromatic heterocycles. The lowest BCUT2D eigenvalue weighted by Crippen LogP contribution is -2.30. The predicted octanol–water partition coefficient (Wildman–Crippen LogP) is 3.54. The van der Waals surface area contributed by atoms with Gasteiger partial charge >= 0.3 is 5.97 Å². The van der Waals surface area contributed by atoms with Gasteiger partial charge in [0, 0.05) is 11.4 Å². The van der Waals surface area contributed by atoms with Gasteiger partial charge in [-0.3, -0.25) is 4.79 Å². The Kier molecular flexibility index (Phi) is 5.98. The molecule has 1 aromatic carbocycles. The number of aryl methyl sites for hydroxylation is 2. The first-order valence-electron chi connectivity index (χ1n) is 7.61. The number of ether oxygens (including phenoxy) is 2. The maximum atomic E-state index is 12.3. The number of halogens is 1. The minimum atomic E-state index is -0.994. The Morgan fingerprint density at radius 2 is 1.84 bits per heavy atom. The second kappa shape index (κ2) is 7.98. The molecule has 25 heavy (non-hydrogen) atoms. The van der Waals surface area contributed by atoms with E-state index in [1.807, 2.05) is 0 Å². The number of hydrogen-bond donors (Lipinski definition) is 1. The summed E-state index contributed by atoms with van der Waals surface area (Å²) in [4.78, 5) is 28.5. The number of benzene rings is 1. The molecule has 0 saturated carbocycles. The molecule has 0 aliphatic rings. The summed E-state index contributed by atoms with van der Waals surface area (Å²) in [5, 5.41) is 2.73. The van der Waals surface area contributed by atoms with Crippen LogP contribution in [0.3, 0.4) is 0 Å². The fraction of sp³-hybridized carbons (Fsp3) is 0.278. The van der Waals surface area contributed by atoms with Gasteiger partial charge in [-0.25, -0.2) is 9.78 Å². The summed E-state index contributed by atoms with van der Waals surface area (Å²) < 4.78 is 10.3. The lowest BCUT2D eigenvalue weighted by atomic mass is 10.1. The highest BCUT2D eigenvalue weighted by Crippen LogP contribution is 2.21. The monoisotopic (exact) mass is 362 g/mol. The van der Waals surface area contributed by atoms with Crippen molar-refractivity contribution >= 4 is 29.2 Å². The molecule has 0 spiro atoms. The van der Waals surface area contributed by atoms with Crippen molar-refractivity contribution in [1.82, 2.24) is 4.98 Å². The molecule has 1 amide bonds. The van der Waals surface area contributed by atoms with Crippen LogP contribution in [0.2, 0.25) is 5.15 Å². The van der Waals surface area contributed by atoms with Gasteiger partial charge in [0.15, 0.2) is 6.10 Å². The van der Waals surface area contributed by atoms with Crippen LogP contribution in [0.1, 0.15) is 28.5 Å². The second-order valence-electron chi connectivity index (χ2n) is 5.51. The number of nitrogens with one attached hydrogen (secondary N) is 1. The molecule has 0 saturated heterocycles. The molecule has 0 bridgehead atoms. The third-order valence-corrected chi connectivity index (χ3v) is 3.79. The summed E-state index contributed by atoms with van der Waals surface area (Å²) in [6.07, 6.45) is -0.994. The van der Waals surface area contributed by atoms with E-state index in [4.69, 9.17) is 21.1 Å². The summed E-state index contributed by atoms with van der Waals surface area (Å²) in [6.45, 7) is 5.00. The van der Waals surface area contributed by atoms with Crippen molar-refractivity contribution in [3.8, 4) is 5.75 Å². The Morgan fingerprint density at radius 1 is 1.20 bits per heavy atom.